The van der Waals surface area contributed by atoms with Gasteiger partial charge >= 0.3 is 0 Å². The van der Waals surface area contributed by atoms with Crippen molar-refractivity contribution in [2.45, 2.75) is 39.0 Å². The van der Waals surface area contributed by atoms with Gasteiger partial charge in [-0.25, -0.2) is 0 Å². The van der Waals surface area contributed by atoms with Crippen LogP contribution in [-0.4, -0.2) is 13.2 Å². The molecule has 1 aromatic carbocycles. The van der Waals surface area contributed by atoms with Crippen LogP contribution in [0.2, 0.25) is 0 Å². The fourth-order valence-electron chi connectivity index (χ4n) is 1.58. The third-order valence-electron chi connectivity index (χ3n) is 3.25. The van der Waals surface area contributed by atoms with E-state index in [4.69, 9.17) is 10.3 Å². The molecule has 0 aliphatic heterocycles. The molecule has 0 aliphatic carbocycles. The summed E-state index contributed by atoms with van der Waals surface area (Å²) in [6.45, 7) is 7.73. The molecule has 0 saturated carbocycles. The van der Waals surface area contributed by atoms with Crippen molar-refractivity contribution in [2.24, 2.45) is 5.11 Å². The van der Waals surface area contributed by atoms with Gasteiger partial charge in [-0.15, -0.1) is 0 Å². The Hall–Kier alpha value is -1.67. The number of ether oxygens (including phenoxy) is 1. The summed E-state index contributed by atoms with van der Waals surface area (Å²) in [5.41, 5.74) is 9.66. The highest BCUT2D eigenvalue weighted by molar-refractivity contribution is 5.31. The van der Waals surface area contributed by atoms with Gasteiger partial charge in [0.1, 0.15) is 5.75 Å². The normalized spacial score (nSPS) is 10.8. The standard InChI is InChI=1S/C14H21N3O/c1-4-14(2,3)12-6-8-13(9-7-12)18-11-5-10-16-17-15/h6-9H,4-5,10-11H2,1-3H3. The summed E-state index contributed by atoms with van der Waals surface area (Å²) < 4.78 is 5.57. The molecule has 1 aromatic rings. The van der Waals surface area contributed by atoms with Crippen LogP contribution in [0.5, 0.6) is 5.75 Å². The number of hydrogen-bond donors (Lipinski definition) is 0. The topological polar surface area (TPSA) is 58.0 Å². The molecular weight excluding hydrogens is 226 g/mol. The fourth-order valence-corrected chi connectivity index (χ4v) is 1.58. The number of azide groups is 1. The Kier molecular flexibility index (Phi) is 5.53. The zero-order chi connectivity index (χ0) is 13.4. The fraction of sp³-hybridized carbons (Fsp3) is 0.571. The first-order chi connectivity index (χ1) is 8.60. The molecule has 0 bridgehead atoms. The van der Waals surface area contributed by atoms with E-state index < -0.39 is 0 Å². The van der Waals surface area contributed by atoms with Crippen LogP contribution >= 0.6 is 0 Å². The lowest BCUT2D eigenvalue weighted by molar-refractivity contribution is 0.313. The molecule has 98 valence electrons. The van der Waals surface area contributed by atoms with Gasteiger partial charge in [-0.3, -0.25) is 0 Å². The molecule has 0 amide bonds. The smallest absolute Gasteiger partial charge is 0.119 e. The molecule has 0 unspecified atom stereocenters. The maximum absolute atomic E-state index is 8.13. The maximum Gasteiger partial charge on any atom is 0.119 e. The number of benzene rings is 1. The van der Waals surface area contributed by atoms with E-state index in [1.54, 1.807) is 0 Å². The van der Waals surface area contributed by atoms with E-state index in [9.17, 15) is 0 Å². The molecule has 0 saturated heterocycles. The average Bonchev–Trinajstić information content (AvgIpc) is 2.39. The van der Waals surface area contributed by atoms with E-state index in [0.29, 0.717) is 13.2 Å². The van der Waals surface area contributed by atoms with Crippen LogP contribution in [-0.2, 0) is 5.41 Å². The monoisotopic (exact) mass is 247 g/mol. The highest BCUT2D eigenvalue weighted by Crippen LogP contribution is 2.27. The highest BCUT2D eigenvalue weighted by Gasteiger charge is 2.17. The van der Waals surface area contributed by atoms with Crippen molar-refractivity contribution in [2.75, 3.05) is 13.2 Å². The molecule has 0 aliphatic rings. The molecule has 0 heterocycles. The predicted molar refractivity (Wildman–Crippen MR) is 73.9 cm³/mol. The lowest BCUT2D eigenvalue weighted by Crippen LogP contribution is -2.15. The quantitative estimate of drug-likeness (QED) is 0.304. The Morgan fingerprint density at radius 2 is 1.94 bits per heavy atom. The molecule has 0 N–H and O–H groups in total. The van der Waals surface area contributed by atoms with Crippen molar-refractivity contribution < 1.29 is 4.74 Å². The van der Waals surface area contributed by atoms with E-state index in [0.717, 1.165) is 18.6 Å². The number of rotatable bonds is 7. The molecule has 4 nitrogen and oxygen atoms in total. The highest BCUT2D eigenvalue weighted by atomic mass is 16.5. The van der Waals surface area contributed by atoms with Gasteiger partial charge in [-0.1, -0.05) is 38.0 Å². The zero-order valence-corrected chi connectivity index (χ0v) is 11.4. The number of hydrogen-bond acceptors (Lipinski definition) is 2. The Bertz CT molecular complexity index is 406. The first kappa shape index (κ1) is 14.4. The summed E-state index contributed by atoms with van der Waals surface area (Å²) in [6.07, 6.45) is 1.85. The second-order valence-corrected chi connectivity index (χ2v) is 4.92. The minimum absolute atomic E-state index is 0.208. The van der Waals surface area contributed by atoms with Crippen LogP contribution in [0.3, 0.4) is 0 Å². The summed E-state index contributed by atoms with van der Waals surface area (Å²) in [7, 11) is 0. The van der Waals surface area contributed by atoms with E-state index >= 15 is 0 Å². The molecule has 0 atom stereocenters. The van der Waals surface area contributed by atoms with Gasteiger partial charge in [-0.2, -0.15) is 0 Å². The molecule has 4 heteroatoms. The lowest BCUT2D eigenvalue weighted by atomic mass is 9.82. The summed E-state index contributed by atoms with van der Waals surface area (Å²) in [5, 5.41) is 3.46. The average molecular weight is 247 g/mol. The van der Waals surface area contributed by atoms with Crippen LogP contribution in [0.1, 0.15) is 39.2 Å². The van der Waals surface area contributed by atoms with Crippen molar-refractivity contribution >= 4 is 0 Å². The second-order valence-electron chi connectivity index (χ2n) is 4.92. The van der Waals surface area contributed by atoms with Gasteiger partial charge in [0.2, 0.25) is 0 Å². The third kappa shape index (κ3) is 4.30. The predicted octanol–water partition coefficient (Wildman–Crippen LogP) is 4.45. The van der Waals surface area contributed by atoms with Crippen LogP contribution in [0.25, 0.3) is 10.4 Å². The van der Waals surface area contributed by atoms with Crippen LogP contribution in [0.4, 0.5) is 0 Å². The first-order valence-corrected chi connectivity index (χ1v) is 6.34. The minimum atomic E-state index is 0.208. The van der Waals surface area contributed by atoms with E-state index in [-0.39, 0.29) is 5.41 Å². The molecule has 0 radical (unpaired) electrons. The van der Waals surface area contributed by atoms with Gasteiger partial charge < -0.3 is 4.74 Å². The van der Waals surface area contributed by atoms with Gasteiger partial charge in [-0.05, 0) is 41.5 Å². The van der Waals surface area contributed by atoms with Crippen molar-refractivity contribution in [1.82, 2.24) is 0 Å². The summed E-state index contributed by atoms with van der Waals surface area (Å²) in [6, 6.07) is 8.24. The van der Waals surface area contributed by atoms with E-state index in [2.05, 4.69) is 42.9 Å². The Morgan fingerprint density at radius 3 is 2.50 bits per heavy atom. The zero-order valence-electron chi connectivity index (χ0n) is 11.4. The SMILES string of the molecule is CCC(C)(C)c1ccc(OCCCN=[N+]=[N-])cc1. The largest absolute Gasteiger partial charge is 0.494 e. The summed E-state index contributed by atoms with van der Waals surface area (Å²) in [4.78, 5) is 2.70. The Morgan fingerprint density at radius 1 is 1.28 bits per heavy atom. The van der Waals surface area contributed by atoms with Gasteiger partial charge in [0.05, 0.1) is 6.61 Å². The molecular formula is C14H21N3O. The van der Waals surface area contributed by atoms with Crippen molar-refractivity contribution in [3.63, 3.8) is 0 Å². The molecule has 0 fully saturated rings. The van der Waals surface area contributed by atoms with E-state index in [1.165, 1.54) is 5.56 Å². The molecule has 0 spiro atoms. The Labute approximate surface area is 109 Å². The van der Waals surface area contributed by atoms with Crippen LogP contribution in [0, 0.1) is 0 Å². The van der Waals surface area contributed by atoms with Crippen molar-refractivity contribution in [1.29, 1.82) is 0 Å². The number of nitrogens with zero attached hydrogens (tertiary/aromatic N) is 3. The second kappa shape index (κ2) is 6.92. The molecule has 1 rings (SSSR count). The van der Waals surface area contributed by atoms with Crippen molar-refractivity contribution in [3.05, 3.63) is 40.3 Å². The Balaban J connectivity index is 2.48. The summed E-state index contributed by atoms with van der Waals surface area (Å²) >= 11 is 0. The van der Waals surface area contributed by atoms with Crippen LogP contribution in [0.15, 0.2) is 29.4 Å². The van der Waals surface area contributed by atoms with Gasteiger partial charge in [0, 0.05) is 11.5 Å². The third-order valence-corrected chi connectivity index (χ3v) is 3.25. The van der Waals surface area contributed by atoms with Gasteiger partial charge in [0.25, 0.3) is 0 Å². The van der Waals surface area contributed by atoms with Gasteiger partial charge in [0.15, 0.2) is 0 Å². The molecule has 0 aromatic heterocycles. The van der Waals surface area contributed by atoms with Crippen LogP contribution < -0.4 is 4.74 Å². The molecule has 18 heavy (non-hydrogen) atoms. The van der Waals surface area contributed by atoms with E-state index in [1.807, 2.05) is 12.1 Å². The van der Waals surface area contributed by atoms with Crippen molar-refractivity contribution in [3.8, 4) is 5.75 Å². The first-order valence-electron chi connectivity index (χ1n) is 6.34. The lowest BCUT2D eigenvalue weighted by Gasteiger charge is -2.23. The summed E-state index contributed by atoms with van der Waals surface area (Å²) in [5.74, 6) is 0.867. The maximum atomic E-state index is 8.13. The minimum Gasteiger partial charge on any atom is -0.494 e.